The molecular formula is C13H22N2O2S. The second-order valence-corrected chi connectivity index (χ2v) is 6.88. The predicted molar refractivity (Wildman–Crippen MR) is 73.7 cm³/mol. The van der Waals surface area contributed by atoms with E-state index >= 15 is 0 Å². The van der Waals surface area contributed by atoms with E-state index in [1.54, 1.807) is 24.3 Å². The Balaban J connectivity index is 2.99. The summed E-state index contributed by atoms with van der Waals surface area (Å²) in [4.78, 5) is 0.272. The highest BCUT2D eigenvalue weighted by molar-refractivity contribution is 7.89. The zero-order chi connectivity index (χ0) is 14.0. The molecule has 0 aliphatic rings. The van der Waals surface area contributed by atoms with Gasteiger partial charge in [-0.3, -0.25) is 0 Å². The number of nitrogens with two attached hydrogens (primary N) is 1. The largest absolute Gasteiger partial charge is 0.324 e. The highest BCUT2D eigenvalue weighted by Crippen LogP contribution is 2.17. The molecule has 4 nitrogen and oxygen atoms in total. The molecule has 1 unspecified atom stereocenters. The molecule has 0 amide bonds. The van der Waals surface area contributed by atoms with E-state index in [9.17, 15) is 8.42 Å². The van der Waals surface area contributed by atoms with Crippen LogP contribution >= 0.6 is 0 Å². The van der Waals surface area contributed by atoms with Crippen LogP contribution in [0.15, 0.2) is 29.2 Å². The van der Waals surface area contributed by atoms with Crippen molar-refractivity contribution in [1.29, 1.82) is 0 Å². The molecule has 0 aromatic heterocycles. The monoisotopic (exact) mass is 270 g/mol. The lowest BCUT2D eigenvalue weighted by Gasteiger charge is -2.24. The zero-order valence-corrected chi connectivity index (χ0v) is 12.2. The fraction of sp³-hybridized carbons (Fsp3) is 0.538. The highest BCUT2D eigenvalue weighted by Gasteiger charge is 2.24. The van der Waals surface area contributed by atoms with E-state index in [1.807, 2.05) is 27.7 Å². The molecule has 1 rings (SSSR count). The molecule has 1 aromatic carbocycles. The fourth-order valence-electron chi connectivity index (χ4n) is 1.45. The molecule has 0 saturated carbocycles. The molecule has 102 valence electrons. The summed E-state index contributed by atoms with van der Waals surface area (Å²) >= 11 is 0. The van der Waals surface area contributed by atoms with Crippen molar-refractivity contribution in [2.75, 3.05) is 0 Å². The summed E-state index contributed by atoms with van der Waals surface area (Å²) in [5, 5.41) is 0. The summed E-state index contributed by atoms with van der Waals surface area (Å²) in [5.74, 6) is 0. The van der Waals surface area contributed by atoms with Crippen molar-refractivity contribution in [1.82, 2.24) is 4.72 Å². The summed E-state index contributed by atoms with van der Waals surface area (Å²) in [6.07, 6.45) is 0.726. The Morgan fingerprint density at radius 1 is 1.28 bits per heavy atom. The third-order valence-electron chi connectivity index (χ3n) is 3.01. The molecule has 0 aliphatic carbocycles. The van der Waals surface area contributed by atoms with Crippen molar-refractivity contribution in [2.24, 2.45) is 5.73 Å². The van der Waals surface area contributed by atoms with Gasteiger partial charge in [-0.05, 0) is 44.9 Å². The maximum atomic E-state index is 12.1. The smallest absolute Gasteiger partial charge is 0.241 e. The lowest BCUT2D eigenvalue weighted by molar-refractivity contribution is 0.439. The van der Waals surface area contributed by atoms with Gasteiger partial charge in [-0.15, -0.1) is 0 Å². The van der Waals surface area contributed by atoms with Crippen LogP contribution in [0.1, 0.15) is 45.7 Å². The zero-order valence-electron chi connectivity index (χ0n) is 11.4. The average molecular weight is 270 g/mol. The van der Waals surface area contributed by atoms with E-state index < -0.39 is 15.6 Å². The number of hydrogen-bond acceptors (Lipinski definition) is 3. The Morgan fingerprint density at radius 3 is 2.17 bits per heavy atom. The first-order valence-electron chi connectivity index (χ1n) is 6.07. The average Bonchev–Trinajstić information content (AvgIpc) is 2.28. The Bertz CT molecular complexity index is 490. The second kappa shape index (κ2) is 5.38. The summed E-state index contributed by atoms with van der Waals surface area (Å²) in [7, 11) is -3.46. The van der Waals surface area contributed by atoms with Crippen LogP contribution in [0.25, 0.3) is 0 Å². The normalized spacial score (nSPS) is 14.5. The minimum Gasteiger partial charge on any atom is -0.324 e. The molecular weight excluding hydrogens is 248 g/mol. The van der Waals surface area contributed by atoms with Crippen molar-refractivity contribution in [2.45, 2.75) is 50.6 Å². The summed E-state index contributed by atoms with van der Waals surface area (Å²) in [5.41, 5.74) is 6.21. The number of benzene rings is 1. The van der Waals surface area contributed by atoms with Gasteiger partial charge in [0, 0.05) is 11.6 Å². The Morgan fingerprint density at radius 2 is 1.78 bits per heavy atom. The van der Waals surface area contributed by atoms with E-state index in [4.69, 9.17) is 5.73 Å². The van der Waals surface area contributed by atoms with Gasteiger partial charge < -0.3 is 5.73 Å². The van der Waals surface area contributed by atoms with Gasteiger partial charge in [-0.25, -0.2) is 13.1 Å². The fourth-order valence-corrected chi connectivity index (χ4v) is 2.93. The lowest BCUT2D eigenvalue weighted by Crippen LogP contribution is -2.42. The molecule has 0 radical (unpaired) electrons. The van der Waals surface area contributed by atoms with Gasteiger partial charge in [0.15, 0.2) is 0 Å². The quantitative estimate of drug-likeness (QED) is 0.861. The summed E-state index contributed by atoms with van der Waals surface area (Å²) in [6.45, 7) is 7.53. The van der Waals surface area contributed by atoms with E-state index in [0.717, 1.165) is 12.0 Å². The van der Waals surface area contributed by atoms with Crippen LogP contribution in [0.5, 0.6) is 0 Å². The molecule has 0 spiro atoms. The Labute approximate surface area is 110 Å². The van der Waals surface area contributed by atoms with Crippen LogP contribution in [0.3, 0.4) is 0 Å². The molecule has 3 N–H and O–H groups in total. The summed E-state index contributed by atoms with van der Waals surface area (Å²) in [6, 6.07) is 6.58. The number of sulfonamides is 1. The maximum Gasteiger partial charge on any atom is 0.241 e. The van der Waals surface area contributed by atoms with Crippen LogP contribution in [-0.4, -0.2) is 14.0 Å². The second-order valence-electron chi connectivity index (χ2n) is 5.20. The number of rotatable bonds is 5. The molecule has 1 aromatic rings. The molecule has 0 fully saturated rings. The molecule has 0 bridgehead atoms. The minimum absolute atomic E-state index is 0.0956. The topological polar surface area (TPSA) is 72.2 Å². The minimum atomic E-state index is -3.46. The predicted octanol–water partition coefficient (Wildman–Crippen LogP) is 2.17. The molecule has 5 heteroatoms. The highest BCUT2D eigenvalue weighted by atomic mass is 32.2. The third kappa shape index (κ3) is 3.80. The SMILES string of the molecule is CCC(C)(C)NS(=O)(=O)c1ccc(C(C)N)cc1. The van der Waals surface area contributed by atoms with Crippen molar-refractivity contribution < 1.29 is 8.42 Å². The number of hydrogen-bond donors (Lipinski definition) is 2. The third-order valence-corrected chi connectivity index (χ3v) is 4.72. The number of nitrogens with one attached hydrogen (secondary N) is 1. The Kier molecular flexibility index (Phi) is 4.53. The lowest BCUT2D eigenvalue weighted by atomic mass is 10.0. The van der Waals surface area contributed by atoms with Crippen LogP contribution < -0.4 is 10.5 Å². The van der Waals surface area contributed by atoms with Crippen LogP contribution in [0.2, 0.25) is 0 Å². The van der Waals surface area contributed by atoms with E-state index in [0.29, 0.717) is 0 Å². The van der Waals surface area contributed by atoms with Crippen molar-refractivity contribution >= 4 is 10.0 Å². The van der Waals surface area contributed by atoms with Crippen LogP contribution in [-0.2, 0) is 10.0 Å². The molecule has 0 saturated heterocycles. The van der Waals surface area contributed by atoms with E-state index in [2.05, 4.69) is 4.72 Å². The molecule has 0 aliphatic heterocycles. The van der Waals surface area contributed by atoms with E-state index in [1.165, 1.54) is 0 Å². The Hall–Kier alpha value is -0.910. The van der Waals surface area contributed by atoms with Gasteiger partial charge in [-0.1, -0.05) is 19.1 Å². The van der Waals surface area contributed by atoms with Gasteiger partial charge in [0.05, 0.1) is 4.90 Å². The van der Waals surface area contributed by atoms with Gasteiger partial charge in [-0.2, -0.15) is 0 Å². The maximum absolute atomic E-state index is 12.1. The summed E-state index contributed by atoms with van der Waals surface area (Å²) < 4.78 is 27.0. The van der Waals surface area contributed by atoms with Crippen LogP contribution in [0.4, 0.5) is 0 Å². The van der Waals surface area contributed by atoms with Gasteiger partial charge in [0.1, 0.15) is 0 Å². The standard InChI is InChI=1S/C13H22N2O2S/c1-5-13(3,4)15-18(16,17)12-8-6-11(7-9-12)10(2)14/h6-10,15H,5,14H2,1-4H3. The molecule has 18 heavy (non-hydrogen) atoms. The van der Waals surface area contributed by atoms with Crippen molar-refractivity contribution in [3.63, 3.8) is 0 Å². The van der Waals surface area contributed by atoms with Gasteiger partial charge in [0.25, 0.3) is 0 Å². The van der Waals surface area contributed by atoms with Crippen LogP contribution in [0, 0.1) is 0 Å². The molecule has 1 atom stereocenters. The van der Waals surface area contributed by atoms with Gasteiger partial charge >= 0.3 is 0 Å². The van der Waals surface area contributed by atoms with E-state index in [-0.39, 0.29) is 10.9 Å². The van der Waals surface area contributed by atoms with Crippen molar-refractivity contribution in [3.05, 3.63) is 29.8 Å². The first kappa shape index (κ1) is 15.1. The first-order valence-corrected chi connectivity index (χ1v) is 7.56. The molecule has 0 heterocycles. The van der Waals surface area contributed by atoms with Crippen molar-refractivity contribution in [3.8, 4) is 0 Å². The first-order chi connectivity index (χ1) is 8.18. The van der Waals surface area contributed by atoms with Gasteiger partial charge in [0.2, 0.25) is 10.0 Å².